The summed E-state index contributed by atoms with van der Waals surface area (Å²) in [6.07, 6.45) is 2.35. The minimum absolute atomic E-state index is 0.445. The molecule has 96 valence electrons. The molecule has 0 spiro atoms. The molecule has 6 nitrogen and oxygen atoms in total. The van der Waals surface area contributed by atoms with E-state index in [-0.39, 0.29) is 0 Å². The molecule has 18 heavy (non-hydrogen) atoms. The van der Waals surface area contributed by atoms with Gasteiger partial charge in [-0.05, 0) is 26.3 Å². The van der Waals surface area contributed by atoms with Crippen LogP contribution in [0.25, 0.3) is 11.3 Å². The molecule has 0 saturated heterocycles. The number of nitrogens with one attached hydrogen (secondary N) is 1. The predicted molar refractivity (Wildman–Crippen MR) is 67.4 cm³/mol. The number of nitrogens with zero attached hydrogens (tertiary/aromatic N) is 3. The zero-order chi connectivity index (χ0) is 13.7. The van der Waals surface area contributed by atoms with Crippen LogP contribution in [0.4, 0.5) is 0 Å². The molecule has 0 aliphatic carbocycles. The lowest BCUT2D eigenvalue weighted by atomic mass is 10.1. The number of rotatable bonds is 2. The standard InChI is InChI=1S/C11H12N4O.CH4O/c1-6-7(2)13-8(3)14-11(6)9-4-12-15-10(9)5-16;1-2/h4-5H,1-3H3,(H,12,15);2H,1H3. The zero-order valence-corrected chi connectivity index (χ0v) is 10.9. The third-order valence-corrected chi connectivity index (χ3v) is 2.54. The summed E-state index contributed by atoms with van der Waals surface area (Å²) in [5, 5.41) is 13.5. The lowest BCUT2D eigenvalue weighted by molar-refractivity contribution is 0.111. The van der Waals surface area contributed by atoms with E-state index < -0.39 is 0 Å². The molecule has 2 aromatic heterocycles. The van der Waals surface area contributed by atoms with E-state index >= 15 is 0 Å². The van der Waals surface area contributed by atoms with E-state index in [1.807, 2.05) is 20.8 Å². The Morgan fingerprint density at radius 3 is 2.50 bits per heavy atom. The van der Waals surface area contributed by atoms with Gasteiger partial charge in [-0.15, -0.1) is 0 Å². The smallest absolute Gasteiger partial charge is 0.168 e. The minimum Gasteiger partial charge on any atom is -0.400 e. The van der Waals surface area contributed by atoms with Gasteiger partial charge in [0.25, 0.3) is 0 Å². The lowest BCUT2D eigenvalue weighted by Crippen LogP contribution is -1.99. The Balaban J connectivity index is 0.000000771. The Morgan fingerprint density at radius 2 is 1.89 bits per heavy atom. The fraction of sp³-hybridized carbons (Fsp3) is 0.333. The highest BCUT2D eigenvalue weighted by molar-refractivity contribution is 5.84. The maximum atomic E-state index is 10.8. The number of H-pyrrole nitrogens is 1. The van der Waals surface area contributed by atoms with E-state index in [1.54, 1.807) is 6.20 Å². The van der Waals surface area contributed by atoms with Crippen LogP contribution in [0.1, 0.15) is 27.6 Å². The van der Waals surface area contributed by atoms with Crippen molar-refractivity contribution >= 4 is 6.29 Å². The molecule has 0 atom stereocenters. The number of carbonyl (C=O) groups excluding carboxylic acids is 1. The first kappa shape index (κ1) is 14.0. The Labute approximate surface area is 105 Å². The van der Waals surface area contributed by atoms with Crippen molar-refractivity contribution in [2.75, 3.05) is 7.11 Å². The molecule has 0 amide bonds. The molecule has 0 saturated carbocycles. The van der Waals surface area contributed by atoms with Gasteiger partial charge in [0.15, 0.2) is 6.29 Å². The topological polar surface area (TPSA) is 91.8 Å². The van der Waals surface area contributed by atoms with Crippen molar-refractivity contribution < 1.29 is 9.90 Å². The summed E-state index contributed by atoms with van der Waals surface area (Å²) in [5.74, 6) is 0.691. The molecule has 2 N–H and O–H groups in total. The number of aromatic nitrogens is 4. The highest BCUT2D eigenvalue weighted by atomic mass is 16.2. The molecule has 2 aromatic rings. The fourth-order valence-electron chi connectivity index (χ4n) is 1.61. The highest BCUT2D eigenvalue weighted by Gasteiger charge is 2.13. The Bertz CT molecular complexity index is 549. The van der Waals surface area contributed by atoms with E-state index in [0.29, 0.717) is 11.5 Å². The van der Waals surface area contributed by atoms with Gasteiger partial charge >= 0.3 is 0 Å². The fourth-order valence-corrected chi connectivity index (χ4v) is 1.61. The summed E-state index contributed by atoms with van der Waals surface area (Å²) in [4.78, 5) is 19.5. The lowest BCUT2D eigenvalue weighted by Gasteiger charge is -2.07. The molecule has 0 unspecified atom stereocenters. The second-order valence-corrected chi connectivity index (χ2v) is 3.65. The first-order chi connectivity index (χ1) is 8.63. The first-order valence-corrected chi connectivity index (χ1v) is 5.39. The van der Waals surface area contributed by atoms with E-state index in [4.69, 9.17) is 5.11 Å². The van der Waals surface area contributed by atoms with Crippen molar-refractivity contribution in [1.29, 1.82) is 0 Å². The quantitative estimate of drug-likeness (QED) is 0.779. The molecular weight excluding hydrogens is 232 g/mol. The molecule has 6 heteroatoms. The summed E-state index contributed by atoms with van der Waals surface area (Å²) in [5.41, 5.74) is 3.82. The van der Waals surface area contributed by atoms with E-state index in [1.165, 1.54) is 0 Å². The Kier molecular flexibility index (Phi) is 4.67. The normalized spacial score (nSPS) is 9.61. The number of carbonyl (C=O) groups is 1. The molecule has 0 aromatic carbocycles. The second-order valence-electron chi connectivity index (χ2n) is 3.65. The Morgan fingerprint density at radius 1 is 1.22 bits per heavy atom. The largest absolute Gasteiger partial charge is 0.400 e. The van der Waals surface area contributed by atoms with Crippen LogP contribution in [0.2, 0.25) is 0 Å². The SMILES string of the molecule is CO.Cc1nc(C)c(C)c(-c2cn[nH]c2C=O)n1. The van der Waals surface area contributed by atoms with Gasteiger partial charge in [-0.2, -0.15) is 5.10 Å². The van der Waals surface area contributed by atoms with Gasteiger partial charge in [-0.3, -0.25) is 9.89 Å². The molecule has 0 aliphatic heterocycles. The number of aryl methyl sites for hydroxylation is 2. The minimum atomic E-state index is 0.445. The number of aldehydes is 1. The molecule has 0 fully saturated rings. The maximum Gasteiger partial charge on any atom is 0.168 e. The van der Waals surface area contributed by atoms with Crippen LogP contribution in [-0.4, -0.2) is 38.7 Å². The van der Waals surface area contributed by atoms with Gasteiger partial charge in [0.2, 0.25) is 0 Å². The van der Waals surface area contributed by atoms with Crippen molar-refractivity contribution in [1.82, 2.24) is 20.2 Å². The summed E-state index contributed by atoms with van der Waals surface area (Å²) in [7, 11) is 1.00. The van der Waals surface area contributed by atoms with Crippen LogP contribution < -0.4 is 0 Å². The van der Waals surface area contributed by atoms with Gasteiger partial charge < -0.3 is 5.11 Å². The molecule has 0 aliphatic rings. The van der Waals surface area contributed by atoms with Crippen LogP contribution in [0.5, 0.6) is 0 Å². The summed E-state index contributed by atoms with van der Waals surface area (Å²) in [6.45, 7) is 5.69. The van der Waals surface area contributed by atoms with Gasteiger partial charge in [0.1, 0.15) is 11.5 Å². The number of aromatic amines is 1. The third-order valence-electron chi connectivity index (χ3n) is 2.54. The zero-order valence-electron chi connectivity index (χ0n) is 10.9. The molecule has 0 bridgehead atoms. The van der Waals surface area contributed by atoms with Crippen molar-refractivity contribution in [2.24, 2.45) is 0 Å². The monoisotopic (exact) mass is 248 g/mol. The van der Waals surface area contributed by atoms with Crippen LogP contribution in [0, 0.1) is 20.8 Å². The van der Waals surface area contributed by atoms with Crippen LogP contribution in [0.15, 0.2) is 6.20 Å². The van der Waals surface area contributed by atoms with E-state index in [9.17, 15) is 4.79 Å². The summed E-state index contributed by atoms with van der Waals surface area (Å²) < 4.78 is 0. The van der Waals surface area contributed by atoms with Crippen molar-refractivity contribution in [2.45, 2.75) is 20.8 Å². The number of hydrogen-bond acceptors (Lipinski definition) is 5. The van der Waals surface area contributed by atoms with Crippen LogP contribution in [-0.2, 0) is 0 Å². The highest BCUT2D eigenvalue weighted by Crippen LogP contribution is 2.23. The van der Waals surface area contributed by atoms with Crippen LogP contribution >= 0.6 is 0 Å². The summed E-state index contributed by atoms with van der Waals surface area (Å²) in [6, 6.07) is 0. The second kappa shape index (κ2) is 6.02. The van der Waals surface area contributed by atoms with E-state index in [2.05, 4.69) is 20.2 Å². The predicted octanol–water partition coefficient (Wildman–Crippen LogP) is 1.21. The summed E-state index contributed by atoms with van der Waals surface area (Å²) >= 11 is 0. The molecular formula is C12H16N4O2. The van der Waals surface area contributed by atoms with E-state index in [0.717, 1.165) is 35.9 Å². The molecule has 2 rings (SSSR count). The van der Waals surface area contributed by atoms with Crippen molar-refractivity contribution in [3.63, 3.8) is 0 Å². The Hall–Kier alpha value is -2.08. The number of aliphatic hydroxyl groups is 1. The molecule has 2 heterocycles. The van der Waals surface area contributed by atoms with Gasteiger partial charge in [0, 0.05) is 18.4 Å². The van der Waals surface area contributed by atoms with Gasteiger partial charge in [0.05, 0.1) is 11.9 Å². The van der Waals surface area contributed by atoms with Crippen molar-refractivity contribution in [3.05, 3.63) is 29.0 Å². The van der Waals surface area contributed by atoms with Crippen molar-refractivity contribution in [3.8, 4) is 11.3 Å². The maximum absolute atomic E-state index is 10.8. The number of hydrogen-bond donors (Lipinski definition) is 2. The van der Waals surface area contributed by atoms with Gasteiger partial charge in [-0.1, -0.05) is 0 Å². The third kappa shape index (κ3) is 2.60. The molecule has 0 radical (unpaired) electrons. The van der Waals surface area contributed by atoms with Gasteiger partial charge in [-0.25, -0.2) is 9.97 Å². The average molecular weight is 248 g/mol. The number of aliphatic hydroxyl groups excluding tert-OH is 1. The van der Waals surface area contributed by atoms with Crippen LogP contribution in [0.3, 0.4) is 0 Å². The first-order valence-electron chi connectivity index (χ1n) is 5.39. The average Bonchev–Trinajstić information content (AvgIpc) is 2.84.